The van der Waals surface area contributed by atoms with Gasteiger partial charge in [0.15, 0.2) is 5.75 Å². The second-order valence-corrected chi connectivity index (χ2v) is 5.40. The third-order valence-corrected chi connectivity index (χ3v) is 3.40. The van der Waals surface area contributed by atoms with E-state index in [1.807, 2.05) is 6.92 Å². The van der Waals surface area contributed by atoms with E-state index < -0.39 is 5.97 Å². The highest BCUT2D eigenvalue weighted by atomic mass is 35.5. The molecule has 2 aromatic rings. The van der Waals surface area contributed by atoms with Crippen molar-refractivity contribution in [2.75, 3.05) is 13.2 Å². The second-order valence-electron chi connectivity index (χ2n) is 4.58. The summed E-state index contributed by atoms with van der Waals surface area (Å²) >= 11 is 12.1. The molecule has 22 heavy (non-hydrogen) atoms. The number of ether oxygens (including phenoxy) is 2. The summed E-state index contributed by atoms with van der Waals surface area (Å²) in [5, 5.41) is 9.71. The summed E-state index contributed by atoms with van der Waals surface area (Å²) in [6.07, 6.45) is 0. The van der Waals surface area contributed by atoms with Crippen LogP contribution in [0, 0.1) is 6.92 Å². The maximum Gasteiger partial charge on any atom is 0.335 e. The smallest absolute Gasteiger partial charge is 0.335 e. The molecule has 0 heterocycles. The number of carboxylic acids is 1. The van der Waals surface area contributed by atoms with Gasteiger partial charge in [-0.3, -0.25) is 0 Å². The number of carbonyl (C=O) groups is 1. The summed E-state index contributed by atoms with van der Waals surface area (Å²) in [5.41, 5.74) is 1.17. The fourth-order valence-corrected chi connectivity index (χ4v) is 2.53. The number of hydrogen-bond acceptors (Lipinski definition) is 3. The highest BCUT2D eigenvalue weighted by Crippen LogP contribution is 2.33. The highest BCUT2D eigenvalue weighted by Gasteiger charge is 2.08. The highest BCUT2D eigenvalue weighted by molar-refractivity contribution is 6.37. The standard InChI is InChI=1S/C16H14Cl2O4/c1-10-8-13(17)15(14(18)9-10)22-7-6-21-12-4-2-11(3-5-12)16(19)20/h2-5,8-9H,6-7H2,1H3,(H,19,20). The molecule has 0 aromatic heterocycles. The van der Waals surface area contributed by atoms with Crippen molar-refractivity contribution in [1.82, 2.24) is 0 Å². The van der Waals surface area contributed by atoms with Gasteiger partial charge in [-0.15, -0.1) is 0 Å². The number of rotatable bonds is 6. The molecule has 0 saturated carbocycles. The Morgan fingerprint density at radius 1 is 1.05 bits per heavy atom. The predicted octanol–water partition coefficient (Wildman–Crippen LogP) is 4.46. The fourth-order valence-electron chi connectivity index (χ4n) is 1.82. The van der Waals surface area contributed by atoms with Crippen LogP contribution in [0.5, 0.6) is 11.5 Å². The second kappa shape index (κ2) is 7.38. The largest absolute Gasteiger partial charge is 0.490 e. The van der Waals surface area contributed by atoms with Crippen LogP contribution in [-0.2, 0) is 0 Å². The number of halogens is 2. The summed E-state index contributed by atoms with van der Waals surface area (Å²) in [7, 11) is 0. The minimum atomic E-state index is -0.974. The van der Waals surface area contributed by atoms with Gasteiger partial charge in [-0.2, -0.15) is 0 Å². The zero-order chi connectivity index (χ0) is 16.1. The van der Waals surface area contributed by atoms with E-state index in [2.05, 4.69) is 0 Å². The maximum atomic E-state index is 10.7. The topological polar surface area (TPSA) is 55.8 Å². The molecule has 116 valence electrons. The van der Waals surface area contributed by atoms with Gasteiger partial charge in [0, 0.05) is 0 Å². The van der Waals surface area contributed by atoms with E-state index in [0.29, 0.717) is 21.5 Å². The SMILES string of the molecule is Cc1cc(Cl)c(OCCOc2ccc(C(=O)O)cc2)c(Cl)c1. The average molecular weight is 341 g/mol. The van der Waals surface area contributed by atoms with Gasteiger partial charge < -0.3 is 14.6 Å². The normalized spacial score (nSPS) is 10.3. The van der Waals surface area contributed by atoms with E-state index in [1.165, 1.54) is 12.1 Å². The Morgan fingerprint density at radius 2 is 1.59 bits per heavy atom. The molecular weight excluding hydrogens is 327 g/mol. The van der Waals surface area contributed by atoms with Crippen LogP contribution >= 0.6 is 23.2 Å². The molecule has 4 nitrogen and oxygen atoms in total. The van der Waals surface area contributed by atoms with Crippen LogP contribution < -0.4 is 9.47 Å². The minimum absolute atomic E-state index is 0.210. The molecule has 0 unspecified atom stereocenters. The van der Waals surface area contributed by atoms with Crippen molar-refractivity contribution in [3.63, 3.8) is 0 Å². The molecule has 1 N–H and O–H groups in total. The first-order valence-corrected chi connectivity index (χ1v) is 7.27. The van der Waals surface area contributed by atoms with Crippen LogP contribution in [0.3, 0.4) is 0 Å². The first-order valence-electron chi connectivity index (χ1n) is 6.52. The zero-order valence-electron chi connectivity index (χ0n) is 11.8. The van der Waals surface area contributed by atoms with Crippen molar-refractivity contribution in [2.45, 2.75) is 6.92 Å². The average Bonchev–Trinajstić information content (AvgIpc) is 2.46. The monoisotopic (exact) mass is 340 g/mol. The Bertz CT molecular complexity index is 645. The lowest BCUT2D eigenvalue weighted by atomic mass is 10.2. The lowest BCUT2D eigenvalue weighted by molar-refractivity contribution is 0.0697. The third kappa shape index (κ3) is 4.29. The lowest BCUT2D eigenvalue weighted by Crippen LogP contribution is -2.09. The van der Waals surface area contributed by atoms with Gasteiger partial charge in [-0.25, -0.2) is 4.79 Å². The van der Waals surface area contributed by atoms with Crippen LogP contribution in [0.4, 0.5) is 0 Å². The van der Waals surface area contributed by atoms with Crippen molar-refractivity contribution < 1.29 is 19.4 Å². The molecular formula is C16H14Cl2O4. The van der Waals surface area contributed by atoms with Crippen molar-refractivity contribution in [3.05, 3.63) is 57.6 Å². The molecule has 6 heteroatoms. The Hall–Kier alpha value is -1.91. The number of carboxylic acid groups (broad SMARTS) is 1. The summed E-state index contributed by atoms with van der Waals surface area (Å²) in [6.45, 7) is 2.45. The molecule has 0 fully saturated rings. The number of hydrogen-bond donors (Lipinski definition) is 1. The van der Waals surface area contributed by atoms with Crippen LogP contribution in [0.2, 0.25) is 10.0 Å². The van der Waals surface area contributed by atoms with E-state index in [9.17, 15) is 4.79 Å². The Kier molecular flexibility index (Phi) is 5.52. The van der Waals surface area contributed by atoms with Gasteiger partial charge >= 0.3 is 5.97 Å². The van der Waals surface area contributed by atoms with Crippen LogP contribution in [0.15, 0.2) is 36.4 Å². The fraction of sp³-hybridized carbons (Fsp3) is 0.188. The van der Waals surface area contributed by atoms with Crippen LogP contribution in [0.25, 0.3) is 0 Å². The van der Waals surface area contributed by atoms with Crippen molar-refractivity contribution >= 4 is 29.2 Å². The summed E-state index contributed by atoms with van der Waals surface area (Å²) < 4.78 is 11.0. The number of aromatic carboxylic acids is 1. The van der Waals surface area contributed by atoms with Crippen LogP contribution in [-0.4, -0.2) is 24.3 Å². The molecule has 0 aliphatic heterocycles. The zero-order valence-corrected chi connectivity index (χ0v) is 13.3. The van der Waals surface area contributed by atoms with Crippen LogP contribution in [0.1, 0.15) is 15.9 Å². The van der Waals surface area contributed by atoms with Gasteiger partial charge in [0.05, 0.1) is 15.6 Å². The summed E-state index contributed by atoms with van der Waals surface area (Å²) in [5.74, 6) is 0.0204. The first kappa shape index (κ1) is 16.5. The van der Waals surface area contributed by atoms with Crippen molar-refractivity contribution in [2.24, 2.45) is 0 Å². The molecule has 0 bridgehead atoms. The molecule has 0 radical (unpaired) electrons. The van der Waals surface area contributed by atoms with Crippen molar-refractivity contribution in [1.29, 1.82) is 0 Å². The van der Waals surface area contributed by atoms with E-state index >= 15 is 0 Å². The van der Waals surface area contributed by atoms with Gasteiger partial charge in [-0.1, -0.05) is 23.2 Å². The molecule has 0 atom stereocenters. The Balaban J connectivity index is 1.86. The molecule has 0 amide bonds. The summed E-state index contributed by atoms with van der Waals surface area (Å²) in [4.78, 5) is 10.7. The van der Waals surface area contributed by atoms with Crippen molar-refractivity contribution in [3.8, 4) is 11.5 Å². The van der Waals surface area contributed by atoms with Gasteiger partial charge in [0.1, 0.15) is 19.0 Å². The molecule has 0 saturated heterocycles. The van der Waals surface area contributed by atoms with E-state index in [0.717, 1.165) is 5.56 Å². The Morgan fingerprint density at radius 3 is 2.14 bits per heavy atom. The molecule has 0 aliphatic carbocycles. The lowest BCUT2D eigenvalue weighted by Gasteiger charge is -2.11. The molecule has 0 spiro atoms. The van der Waals surface area contributed by atoms with Gasteiger partial charge in [0.25, 0.3) is 0 Å². The Labute approximate surface area is 138 Å². The summed E-state index contributed by atoms with van der Waals surface area (Å²) in [6, 6.07) is 9.69. The van der Waals surface area contributed by atoms with E-state index in [4.69, 9.17) is 37.8 Å². The number of aryl methyl sites for hydroxylation is 1. The minimum Gasteiger partial charge on any atom is -0.490 e. The predicted molar refractivity (Wildman–Crippen MR) is 85.6 cm³/mol. The van der Waals surface area contributed by atoms with Gasteiger partial charge in [-0.05, 0) is 48.9 Å². The van der Waals surface area contributed by atoms with Gasteiger partial charge in [0.2, 0.25) is 0 Å². The van der Waals surface area contributed by atoms with E-state index in [-0.39, 0.29) is 18.8 Å². The molecule has 0 aliphatic rings. The molecule has 2 aromatic carbocycles. The maximum absolute atomic E-state index is 10.7. The number of benzene rings is 2. The molecule has 2 rings (SSSR count). The first-order chi connectivity index (χ1) is 10.5. The third-order valence-electron chi connectivity index (χ3n) is 2.84. The quantitative estimate of drug-likeness (QED) is 0.789. The van der Waals surface area contributed by atoms with E-state index in [1.54, 1.807) is 24.3 Å².